The lowest BCUT2D eigenvalue weighted by atomic mass is 9.98. The number of hydrogen-bond donors (Lipinski definition) is 1. The molecule has 20 heavy (non-hydrogen) atoms. The van der Waals surface area contributed by atoms with Crippen LogP contribution in [0.3, 0.4) is 0 Å². The Bertz CT molecular complexity index is 510. The van der Waals surface area contributed by atoms with Gasteiger partial charge in [0.2, 0.25) is 0 Å². The third-order valence-corrected chi connectivity index (χ3v) is 4.05. The summed E-state index contributed by atoms with van der Waals surface area (Å²) in [6, 6.07) is 3.24. The molecule has 0 bridgehead atoms. The number of carbonyl (C=O) groups excluding carboxylic acids is 1. The van der Waals surface area contributed by atoms with Gasteiger partial charge in [-0.05, 0) is 50.8 Å². The van der Waals surface area contributed by atoms with Crippen molar-refractivity contribution in [3.8, 4) is 0 Å². The van der Waals surface area contributed by atoms with Crippen molar-refractivity contribution in [2.45, 2.75) is 31.7 Å². The molecule has 1 amide bonds. The lowest BCUT2D eigenvalue weighted by Crippen LogP contribution is -2.42. The quantitative estimate of drug-likeness (QED) is 0.899. The molecule has 2 aliphatic rings. The SMILES string of the molecule is O=C(c1ccc(=O)oc1)N(CC1CCCNC1)C1CC1. The summed E-state index contributed by atoms with van der Waals surface area (Å²) >= 11 is 0. The lowest BCUT2D eigenvalue weighted by molar-refractivity contribution is 0.0701. The maximum Gasteiger partial charge on any atom is 0.335 e. The second kappa shape index (κ2) is 5.79. The highest BCUT2D eigenvalue weighted by Gasteiger charge is 2.34. The minimum Gasteiger partial charge on any atom is -0.430 e. The summed E-state index contributed by atoms with van der Waals surface area (Å²) in [6.45, 7) is 2.87. The Morgan fingerprint density at radius 1 is 1.35 bits per heavy atom. The summed E-state index contributed by atoms with van der Waals surface area (Å²) in [5, 5.41) is 3.39. The van der Waals surface area contributed by atoms with Gasteiger partial charge in [-0.3, -0.25) is 4.79 Å². The predicted molar refractivity (Wildman–Crippen MR) is 74.6 cm³/mol. The molecule has 0 radical (unpaired) electrons. The fourth-order valence-corrected chi connectivity index (χ4v) is 2.79. The van der Waals surface area contributed by atoms with Gasteiger partial charge in [0, 0.05) is 18.7 Å². The molecule has 1 N–H and O–H groups in total. The second-order valence-electron chi connectivity index (χ2n) is 5.74. The van der Waals surface area contributed by atoms with E-state index in [4.69, 9.17) is 4.42 Å². The molecule has 0 aromatic carbocycles. The summed E-state index contributed by atoms with van der Waals surface area (Å²) in [5.74, 6) is 0.519. The molecule has 1 aromatic rings. The van der Waals surface area contributed by atoms with Crippen molar-refractivity contribution in [1.29, 1.82) is 0 Å². The third kappa shape index (κ3) is 3.10. The highest BCUT2D eigenvalue weighted by molar-refractivity contribution is 5.94. The average Bonchev–Trinajstić information content (AvgIpc) is 3.30. The number of nitrogens with one attached hydrogen (secondary N) is 1. The number of piperidine rings is 1. The van der Waals surface area contributed by atoms with Crippen molar-refractivity contribution in [2.75, 3.05) is 19.6 Å². The van der Waals surface area contributed by atoms with Crippen molar-refractivity contribution in [1.82, 2.24) is 10.2 Å². The first-order valence-electron chi connectivity index (χ1n) is 7.34. The maximum atomic E-state index is 12.6. The Labute approximate surface area is 118 Å². The van der Waals surface area contributed by atoms with E-state index in [1.54, 1.807) is 6.07 Å². The van der Waals surface area contributed by atoms with E-state index in [0.29, 0.717) is 17.5 Å². The van der Waals surface area contributed by atoms with Crippen LogP contribution in [0.15, 0.2) is 27.6 Å². The van der Waals surface area contributed by atoms with Crippen LogP contribution < -0.4 is 10.9 Å². The molecule has 5 nitrogen and oxygen atoms in total. The molecular formula is C15H20N2O3. The molecule has 1 aliphatic heterocycles. The molecule has 5 heteroatoms. The average molecular weight is 276 g/mol. The van der Waals surface area contributed by atoms with Crippen molar-refractivity contribution in [2.24, 2.45) is 5.92 Å². The highest BCUT2D eigenvalue weighted by Crippen LogP contribution is 2.29. The van der Waals surface area contributed by atoms with Crippen LogP contribution in [0.1, 0.15) is 36.0 Å². The third-order valence-electron chi connectivity index (χ3n) is 4.05. The van der Waals surface area contributed by atoms with Crippen LogP contribution in [0.2, 0.25) is 0 Å². The predicted octanol–water partition coefficient (Wildman–Crippen LogP) is 1.24. The van der Waals surface area contributed by atoms with Gasteiger partial charge >= 0.3 is 5.63 Å². The van der Waals surface area contributed by atoms with Crippen LogP contribution in [0.4, 0.5) is 0 Å². The molecular weight excluding hydrogens is 256 g/mol. The Balaban J connectivity index is 1.71. The normalized spacial score (nSPS) is 22.5. The van der Waals surface area contributed by atoms with E-state index in [1.165, 1.54) is 25.2 Å². The molecule has 3 rings (SSSR count). The summed E-state index contributed by atoms with van der Waals surface area (Å²) in [6.07, 6.45) is 5.80. The van der Waals surface area contributed by atoms with Crippen molar-refractivity contribution in [3.05, 3.63) is 34.4 Å². The Morgan fingerprint density at radius 3 is 2.80 bits per heavy atom. The van der Waals surface area contributed by atoms with Gasteiger partial charge in [0.05, 0.1) is 5.56 Å². The van der Waals surface area contributed by atoms with Crippen LogP contribution in [0, 0.1) is 5.92 Å². The Morgan fingerprint density at radius 2 is 2.20 bits per heavy atom. The Kier molecular flexibility index (Phi) is 3.87. The number of amides is 1. The summed E-state index contributed by atoms with van der Waals surface area (Å²) in [4.78, 5) is 25.5. The summed E-state index contributed by atoms with van der Waals surface area (Å²) in [7, 11) is 0. The molecule has 1 saturated heterocycles. The van der Waals surface area contributed by atoms with E-state index in [1.807, 2.05) is 4.90 Å². The van der Waals surface area contributed by atoms with Gasteiger partial charge in [-0.25, -0.2) is 4.79 Å². The van der Waals surface area contributed by atoms with Crippen molar-refractivity contribution >= 4 is 5.91 Å². The largest absolute Gasteiger partial charge is 0.430 e. The number of nitrogens with zero attached hydrogens (tertiary/aromatic N) is 1. The summed E-state index contributed by atoms with van der Waals surface area (Å²) in [5.41, 5.74) is 0.0521. The fraction of sp³-hybridized carbons (Fsp3) is 0.600. The number of carbonyl (C=O) groups is 1. The van der Waals surface area contributed by atoms with Crippen LogP contribution in [0.5, 0.6) is 0 Å². The van der Waals surface area contributed by atoms with Gasteiger partial charge in [0.15, 0.2) is 0 Å². The zero-order valence-corrected chi connectivity index (χ0v) is 11.5. The molecule has 108 valence electrons. The van der Waals surface area contributed by atoms with Crippen LogP contribution in [-0.4, -0.2) is 36.5 Å². The monoisotopic (exact) mass is 276 g/mol. The van der Waals surface area contributed by atoms with Crippen molar-refractivity contribution in [3.63, 3.8) is 0 Å². The highest BCUT2D eigenvalue weighted by atomic mass is 16.4. The van der Waals surface area contributed by atoms with Gasteiger partial charge in [-0.15, -0.1) is 0 Å². The van der Waals surface area contributed by atoms with Crippen molar-refractivity contribution < 1.29 is 9.21 Å². The fourth-order valence-electron chi connectivity index (χ4n) is 2.79. The van der Waals surface area contributed by atoms with E-state index in [-0.39, 0.29) is 5.91 Å². The van der Waals surface area contributed by atoms with Crippen LogP contribution >= 0.6 is 0 Å². The van der Waals surface area contributed by atoms with E-state index < -0.39 is 5.63 Å². The molecule has 0 spiro atoms. The minimum atomic E-state index is -0.420. The molecule has 1 saturated carbocycles. The molecule has 1 aromatic heterocycles. The first-order valence-corrected chi connectivity index (χ1v) is 7.34. The Hall–Kier alpha value is -1.62. The zero-order valence-electron chi connectivity index (χ0n) is 11.5. The second-order valence-corrected chi connectivity index (χ2v) is 5.74. The van der Waals surface area contributed by atoms with E-state index in [2.05, 4.69) is 5.32 Å². The number of hydrogen-bond acceptors (Lipinski definition) is 4. The first-order chi connectivity index (χ1) is 9.74. The van der Waals surface area contributed by atoms with Gasteiger partial charge in [0.1, 0.15) is 6.26 Å². The molecule has 1 atom stereocenters. The van der Waals surface area contributed by atoms with E-state index in [9.17, 15) is 9.59 Å². The van der Waals surface area contributed by atoms with Crippen LogP contribution in [-0.2, 0) is 0 Å². The lowest BCUT2D eigenvalue weighted by Gasteiger charge is -2.30. The van der Waals surface area contributed by atoms with E-state index in [0.717, 1.165) is 32.5 Å². The molecule has 2 heterocycles. The van der Waals surface area contributed by atoms with Gasteiger partial charge < -0.3 is 14.6 Å². The summed E-state index contributed by atoms with van der Waals surface area (Å²) < 4.78 is 4.80. The molecule has 1 unspecified atom stereocenters. The van der Waals surface area contributed by atoms with Crippen LogP contribution in [0.25, 0.3) is 0 Å². The molecule has 1 aliphatic carbocycles. The topological polar surface area (TPSA) is 62.6 Å². The van der Waals surface area contributed by atoms with Gasteiger partial charge in [-0.2, -0.15) is 0 Å². The standard InChI is InChI=1S/C15H20N2O3/c18-14-6-3-12(10-20-14)15(19)17(13-4-5-13)9-11-2-1-7-16-8-11/h3,6,10-11,13,16H,1-2,4-5,7-9H2. The van der Waals surface area contributed by atoms with E-state index >= 15 is 0 Å². The first kappa shape index (κ1) is 13.4. The molecule has 2 fully saturated rings. The maximum absolute atomic E-state index is 12.6. The minimum absolute atomic E-state index is 0.0122. The van der Waals surface area contributed by atoms with Gasteiger partial charge in [0.25, 0.3) is 5.91 Å². The zero-order chi connectivity index (χ0) is 13.9. The number of rotatable bonds is 4. The smallest absolute Gasteiger partial charge is 0.335 e. The van der Waals surface area contributed by atoms with Gasteiger partial charge in [-0.1, -0.05) is 0 Å².